The lowest BCUT2D eigenvalue weighted by Crippen LogP contribution is -2.13. The minimum Gasteiger partial charge on any atom is -0.321 e. The summed E-state index contributed by atoms with van der Waals surface area (Å²) in [6, 6.07) is 19.8. The topological polar surface area (TPSA) is 57.8 Å². The summed E-state index contributed by atoms with van der Waals surface area (Å²) in [6.07, 6.45) is 1.65. The Morgan fingerprint density at radius 1 is 1.11 bits per heavy atom. The van der Waals surface area contributed by atoms with E-state index in [1.54, 1.807) is 6.08 Å². The van der Waals surface area contributed by atoms with E-state index in [9.17, 15) is 10.1 Å². The summed E-state index contributed by atoms with van der Waals surface area (Å²) in [5.41, 5.74) is 5.72. The summed E-state index contributed by atoms with van der Waals surface area (Å²) in [5.74, 6) is -0.410. The monoisotopic (exact) mass is 481 g/mol. The molecule has 0 saturated carbocycles. The molecule has 2 aromatic carbocycles. The maximum absolute atomic E-state index is 12.6. The number of nitriles is 1. The van der Waals surface area contributed by atoms with Gasteiger partial charge in [0, 0.05) is 26.3 Å². The van der Waals surface area contributed by atoms with Crippen molar-refractivity contribution < 1.29 is 4.79 Å². The quantitative estimate of drug-likeness (QED) is 0.302. The van der Waals surface area contributed by atoms with E-state index in [-0.39, 0.29) is 5.57 Å². The van der Waals surface area contributed by atoms with Gasteiger partial charge in [-0.15, -0.1) is 0 Å². The zero-order valence-electron chi connectivity index (χ0n) is 16.0. The van der Waals surface area contributed by atoms with Crippen LogP contribution in [0, 0.1) is 35.7 Å². The van der Waals surface area contributed by atoms with Gasteiger partial charge < -0.3 is 9.88 Å². The van der Waals surface area contributed by atoms with Gasteiger partial charge in [-0.1, -0.05) is 12.1 Å². The second kappa shape index (κ2) is 8.44. The number of nitrogens with one attached hydrogen (secondary N) is 1. The fourth-order valence-corrected chi connectivity index (χ4v) is 3.51. The Balaban J connectivity index is 1.93. The van der Waals surface area contributed by atoms with Crippen LogP contribution in [0.15, 0.2) is 60.2 Å². The molecule has 140 valence electrons. The van der Waals surface area contributed by atoms with Gasteiger partial charge in [-0.3, -0.25) is 4.79 Å². The summed E-state index contributed by atoms with van der Waals surface area (Å²) >= 11 is 2.28. The molecule has 0 aliphatic rings. The van der Waals surface area contributed by atoms with E-state index in [0.717, 1.165) is 28.2 Å². The van der Waals surface area contributed by atoms with E-state index < -0.39 is 5.91 Å². The molecule has 0 radical (unpaired) electrons. The third-order valence-corrected chi connectivity index (χ3v) is 5.22. The zero-order chi connectivity index (χ0) is 20.3. The van der Waals surface area contributed by atoms with Gasteiger partial charge in [-0.2, -0.15) is 5.26 Å². The highest BCUT2D eigenvalue weighted by Gasteiger charge is 2.14. The van der Waals surface area contributed by atoms with Crippen molar-refractivity contribution in [1.29, 1.82) is 5.26 Å². The molecule has 4 nitrogen and oxygen atoms in total. The van der Waals surface area contributed by atoms with Crippen molar-refractivity contribution in [3.63, 3.8) is 0 Å². The standard InChI is InChI=1S/C23H20IN3O/c1-15-5-4-6-21(11-15)26-23(28)19(14-25)13-18-12-16(2)27(17(18)3)22-9-7-20(24)8-10-22/h4-13H,1-3H3,(H,26,28)/b19-13+. The number of carbonyl (C=O) groups is 1. The number of amides is 1. The number of carbonyl (C=O) groups excluding carboxylic acids is 1. The van der Waals surface area contributed by atoms with Crippen LogP contribution in [0.4, 0.5) is 5.69 Å². The van der Waals surface area contributed by atoms with Gasteiger partial charge in [-0.25, -0.2) is 0 Å². The van der Waals surface area contributed by atoms with Crippen molar-refractivity contribution in [2.75, 3.05) is 5.32 Å². The summed E-state index contributed by atoms with van der Waals surface area (Å²) in [4.78, 5) is 12.6. The van der Waals surface area contributed by atoms with E-state index in [1.165, 1.54) is 3.57 Å². The first kappa shape index (κ1) is 19.9. The molecular formula is C23H20IN3O. The molecule has 0 fully saturated rings. The van der Waals surface area contributed by atoms with Crippen molar-refractivity contribution in [2.24, 2.45) is 0 Å². The molecule has 28 heavy (non-hydrogen) atoms. The fraction of sp³-hybridized carbons (Fsp3) is 0.130. The third kappa shape index (κ3) is 4.34. The van der Waals surface area contributed by atoms with Crippen LogP contribution >= 0.6 is 22.6 Å². The van der Waals surface area contributed by atoms with Gasteiger partial charge in [0.15, 0.2) is 0 Å². The predicted octanol–water partition coefficient (Wildman–Crippen LogP) is 5.55. The number of hydrogen-bond donors (Lipinski definition) is 1. The first-order valence-electron chi connectivity index (χ1n) is 8.83. The van der Waals surface area contributed by atoms with Crippen LogP contribution in [0.2, 0.25) is 0 Å². The van der Waals surface area contributed by atoms with Crippen LogP contribution < -0.4 is 5.32 Å². The molecule has 5 heteroatoms. The molecule has 0 saturated heterocycles. The highest BCUT2D eigenvalue weighted by Crippen LogP contribution is 2.24. The Kier molecular flexibility index (Phi) is 6.00. The summed E-state index contributed by atoms with van der Waals surface area (Å²) < 4.78 is 3.29. The molecule has 1 aromatic heterocycles. The molecule has 0 unspecified atom stereocenters. The molecule has 0 atom stereocenters. The molecule has 1 amide bonds. The molecular weight excluding hydrogens is 461 g/mol. The van der Waals surface area contributed by atoms with Crippen LogP contribution in [0.1, 0.15) is 22.5 Å². The number of aryl methyl sites for hydroxylation is 2. The number of aromatic nitrogens is 1. The van der Waals surface area contributed by atoms with Gasteiger partial charge in [0.05, 0.1) is 0 Å². The molecule has 0 aliphatic heterocycles. The number of benzene rings is 2. The minimum atomic E-state index is -0.410. The molecule has 0 bridgehead atoms. The average molecular weight is 481 g/mol. The van der Waals surface area contributed by atoms with Crippen molar-refractivity contribution in [2.45, 2.75) is 20.8 Å². The Morgan fingerprint density at radius 3 is 2.46 bits per heavy atom. The normalized spacial score (nSPS) is 11.2. The SMILES string of the molecule is Cc1cccc(NC(=O)/C(C#N)=C/c2cc(C)n(-c3ccc(I)cc3)c2C)c1. The van der Waals surface area contributed by atoms with Gasteiger partial charge in [-0.05, 0) is 103 Å². The zero-order valence-corrected chi connectivity index (χ0v) is 18.1. The predicted molar refractivity (Wildman–Crippen MR) is 121 cm³/mol. The molecule has 1 heterocycles. The maximum Gasteiger partial charge on any atom is 0.266 e. The second-order valence-corrected chi connectivity index (χ2v) is 7.88. The van der Waals surface area contributed by atoms with Crippen LogP contribution in [0.5, 0.6) is 0 Å². The van der Waals surface area contributed by atoms with E-state index in [4.69, 9.17) is 0 Å². The lowest BCUT2D eigenvalue weighted by Gasteiger charge is -2.10. The van der Waals surface area contributed by atoms with Crippen molar-refractivity contribution in [3.8, 4) is 11.8 Å². The highest BCUT2D eigenvalue weighted by molar-refractivity contribution is 14.1. The molecule has 3 rings (SSSR count). The average Bonchev–Trinajstić information content (AvgIpc) is 2.94. The number of hydrogen-bond acceptors (Lipinski definition) is 2. The summed E-state index contributed by atoms with van der Waals surface area (Å²) in [6.45, 7) is 5.96. The number of rotatable bonds is 4. The summed E-state index contributed by atoms with van der Waals surface area (Å²) in [5, 5.41) is 12.3. The summed E-state index contributed by atoms with van der Waals surface area (Å²) in [7, 11) is 0. The molecule has 0 aliphatic carbocycles. The van der Waals surface area contributed by atoms with Crippen LogP contribution in [0.25, 0.3) is 11.8 Å². The Hall–Kier alpha value is -2.85. The largest absolute Gasteiger partial charge is 0.321 e. The van der Waals surface area contributed by atoms with Crippen molar-refractivity contribution >= 4 is 40.3 Å². The number of anilines is 1. The van der Waals surface area contributed by atoms with Crippen LogP contribution in [-0.2, 0) is 4.79 Å². The Bertz CT molecular complexity index is 1100. The minimum absolute atomic E-state index is 0.0735. The highest BCUT2D eigenvalue weighted by atomic mass is 127. The first-order chi connectivity index (χ1) is 13.4. The van der Waals surface area contributed by atoms with Crippen molar-refractivity contribution in [3.05, 3.63) is 86.3 Å². The lowest BCUT2D eigenvalue weighted by atomic mass is 10.1. The van der Waals surface area contributed by atoms with E-state index in [1.807, 2.05) is 57.2 Å². The third-order valence-electron chi connectivity index (χ3n) is 4.50. The van der Waals surface area contributed by atoms with Gasteiger partial charge in [0.25, 0.3) is 5.91 Å². The Labute approximate surface area is 178 Å². The van der Waals surface area contributed by atoms with Gasteiger partial charge >= 0.3 is 0 Å². The van der Waals surface area contributed by atoms with E-state index >= 15 is 0 Å². The lowest BCUT2D eigenvalue weighted by molar-refractivity contribution is -0.112. The number of nitrogens with zero attached hydrogens (tertiary/aromatic N) is 2. The molecule has 1 N–H and O–H groups in total. The van der Waals surface area contributed by atoms with Crippen LogP contribution in [-0.4, -0.2) is 10.5 Å². The van der Waals surface area contributed by atoms with E-state index in [0.29, 0.717) is 5.69 Å². The molecule has 0 spiro atoms. The van der Waals surface area contributed by atoms with Crippen LogP contribution in [0.3, 0.4) is 0 Å². The first-order valence-corrected chi connectivity index (χ1v) is 9.91. The number of halogens is 1. The smallest absolute Gasteiger partial charge is 0.266 e. The van der Waals surface area contributed by atoms with Gasteiger partial charge in [0.1, 0.15) is 11.6 Å². The van der Waals surface area contributed by atoms with Crippen molar-refractivity contribution in [1.82, 2.24) is 4.57 Å². The molecule has 3 aromatic rings. The van der Waals surface area contributed by atoms with Gasteiger partial charge in [0.2, 0.25) is 0 Å². The Morgan fingerprint density at radius 2 is 1.82 bits per heavy atom. The second-order valence-electron chi connectivity index (χ2n) is 6.63. The fourth-order valence-electron chi connectivity index (χ4n) is 3.15. The maximum atomic E-state index is 12.6. The van der Waals surface area contributed by atoms with E-state index in [2.05, 4.69) is 56.7 Å².